The molecule has 0 aromatic heterocycles. The summed E-state index contributed by atoms with van der Waals surface area (Å²) in [5, 5.41) is 109. The van der Waals surface area contributed by atoms with E-state index in [2.05, 4.69) is 47.6 Å². The Morgan fingerprint density at radius 2 is 1.29 bits per heavy atom. The summed E-state index contributed by atoms with van der Waals surface area (Å²) in [6.45, 7) is 16.1. The molecule has 4 saturated carbocycles. The molecule has 2 spiro atoms. The van der Waals surface area contributed by atoms with Gasteiger partial charge in [-0.2, -0.15) is 0 Å². The molecule has 5 aliphatic heterocycles. The lowest BCUT2D eigenvalue weighted by atomic mass is 9.35. The fourth-order valence-electron chi connectivity index (χ4n) is 15.9. The van der Waals surface area contributed by atoms with Crippen LogP contribution in [0.2, 0.25) is 0 Å². The van der Waals surface area contributed by atoms with Crippen molar-refractivity contribution in [2.45, 2.75) is 222 Å². The Kier molecular flexibility index (Phi) is 13.1. The molecule has 66 heavy (non-hydrogen) atoms. The van der Waals surface area contributed by atoms with Crippen molar-refractivity contribution in [2.24, 2.45) is 45.3 Å². The summed E-state index contributed by atoms with van der Waals surface area (Å²) in [5.41, 5.74) is -0.692. The number of hydrogen-bond donors (Lipinski definition) is 10. The fourth-order valence-corrected chi connectivity index (χ4v) is 15.9. The van der Waals surface area contributed by atoms with Gasteiger partial charge in [-0.15, -0.1) is 0 Å². The summed E-state index contributed by atoms with van der Waals surface area (Å²) in [4.78, 5) is 0. The largest absolute Gasteiger partial charge is 0.394 e. The topological polar surface area (TPSA) is 276 Å². The summed E-state index contributed by atoms with van der Waals surface area (Å²) in [6, 6.07) is 0. The van der Waals surface area contributed by atoms with Crippen LogP contribution in [0.1, 0.15) is 107 Å². The summed E-state index contributed by atoms with van der Waals surface area (Å²) in [5.74, 6) is -0.143. The van der Waals surface area contributed by atoms with E-state index in [1.54, 1.807) is 0 Å². The van der Waals surface area contributed by atoms with Gasteiger partial charge in [0.25, 0.3) is 0 Å². The highest BCUT2D eigenvalue weighted by molar-refractivity contribution is 5.28. The second-order valence-electron chi connectivity index (χ2n) is 23.3. The van der Waals surface area contributed by atoms with E-state index in [1.165, 1.54) is 12.5 Å². The Labute approximate surface area is 387 Å². The summed E-state index contributed by atoms with van der Waals surface area (Å²) < 4.78 is 51.1. The standard InChI is InChI=1S/C48H78O18/c1-21(2)9-12-29-46(8,58)39-23-10-11-27-44(6)15-14-28(43(4,5)26(44)13-16-45(27,7)47(23)19-48(39,66-29)59-20-47)63-42-38(65-40-35(56)33(54)30(51)22(3)60-40)37(32(53)25(18-50)62-42)64-41-36(57)34(55)31(52)24(17-49)61-41/h9,22-42,49-58H,10-20H2,1-8H3/t22-,23?,24-,25-,26?,27?,28?,29?,30-,31-,32+,33-,34-,35-,36-,37-,38-,39?,40+,41+,42+,44?,45?,46?,47?,48?/m1/s1. The number of fused-ring (bicyclic) bond motifs is 4. The van der Waals surface area contributed by atoms with Crippen molar-refractivity contribution < 1.29 is 89.0 Å². The van der Waals surface area contributed by atoms with Gasteiger partial charge in [0.1, 0.15) is 67.1 Å². The number of ether oxygens (including phenoxy) is 8. The minimum absolute atomic E-state index is 0.0887. The van der Waals surface area contributed by atoms with Crippen LogP contribution in [0, 0.1) is 45.3 Å². The summed E-state index contributed by atoms with van der Waals surface area (Å²) in [6.07, 6.45) is -15.6. The molecular formula is C48H78O18. The zero-order chi connectivity index (χ0) is 47.8. The molecule has 10 N–H and O–H groups in total. The Balaban J connectivity index is 0.986. The van der Waals surface area contributed by atoms with Crippen LogP contribution in [0.5, 0.6) is 0 Å². The molecule has 11 unspecified atom stereocenters. The van der Waals surface area contributed by atoms with Crippen molar-refractivity contribution in [3.63, 3.8) is 0 Å². The van der Waals surface area contributed by atoms with Gasteiger partial charge in [-0.05, 0) is 107 Å². The third-order valence-corrected chi connectivity index (χ3v) is 19.3. The molecule has 9 rings (SSSR count). The van der Waals surface area contributed by atoms with Gasteiger partial charge in [-0.3, -0.25) is 0 Å². The molecule has 9 aliphatic rings. The van der Waals surface area contributed by atoms with Crippen molar-refractivity contribution in [1.29, 1.82) is 0 Å². The van der Waals surface area contributed by atoms with Crippen LogP contribution in [-0.2, 0) is 37.9 Å². The first-order valence-electron chi connectivity index (χ1n) is 24.5. The normalized spacial score (nSPS) is 57.4. The first-order chi connectivity index (χ1) is 30.9. The van der Waals surface area contributed by atoms with Crippen LogP contribution >= 0.6 is 0 Å². The average Bonchev–Trinajstić information content (AvgIpc) is 3.87. The zero-order valence-electron chi connectivity index (χ0n) is 39.7. The number of allylic oxidation sites excluding steroid dienone is 1. The molecule has 4 aliphatic carbocycles. The monoisotopic (exact) mass is 943 g/mol. The van der Waals surface area contributed by atoms with E-state index in [9.17, 15) is 51.1 Å². The van der Waals surface area contributed by atoms with Crippen LogP contribution in [-0.4, -0.2) is 187 Å². The SMILES string of the molecule is CC(C)=CCC1OC23CC4(CO2)C(CCC2C5(C)CCC(O[C@@H]6O[C@H](CO)[C@H](O)[C@@H](O[C@@H]7O[C@H](CO)[C@@H](O)[C@@H](O)[C@H]7O)[C@H]6O[C@@H]6O[C@H](C)[C@@H](O)[C@@H](O)[C@H]6O)C(C)(C)C5CCC24C)C3C1(C)O. The van der Waals surface area contributed by atoms with E-state index in [0.29, 0.717) is 25.4 Å². The lowest BCUT2D eigenvalue weighted by molar-refractivity contribution is -0.398. The molecule has 0 radical (unpaired) electrons. The lowest BCUT2D eigenvalue weighted by Gasteiger charge is -2.70. The maximum absolute atomic E-state index is 12.3. The van der Waals surface area contributed by atoms with Gasteiger partial charge in [0.05, 0.1) is 43.7 Å². The fraction of sp³-hybridized carbons (Fsp3) is 0.958. The van der Waals surface area contributed by atoms with Gasteiger partial charge < -0.3 is 89.0 Å². The number of rotatable bonds is 10. The molecule has 26 atom stereocenters. The number of hydrogen-bond acceptors (Lipinski definition) is 18. The molecule has 5 saturated heterocycles. The third-order valence-electron chi connectivity index (χ3n) is 19.3. The molecule has 18 nitrogen and oxygen atoms in total. The molecule has 0 amide bonds. The molecule has 2 bridgehead atoms. The lowest BCUT2D eigenvalue weighted by Crippen LogP contribution is -2.68. The van der Waals surface area contributed by atoms with Crippen LogP contribution in [0.4, 0.5) is 0 Å². The minimum Gasteiger partial charge on any atom is -0.394 e. The van der Waals surface area contributed by atoms with Crippen molar-refractivity contribution in [3.05, 3.63) is 11.6 Å². The molecule has 9 fully saturated rings. The van der Waals surface area contributed by atoms with Gasteiger partial charge in [-0.1, -0.05) is 39.3 Å². The number of aliphatic hydroxyl groups is 10. The van der Waals surface area contributed by atoms with Gasteiger partial charge in [0, 0.05) is 17.8 Å². The highest BCUT2D eigenvalue weighted by atomic mass is 16.8. The van der Waals surface area contributed by atoms with Gasteiger partial charge in [-0.25, -0.2) is 0 Å². The first kappa shape index (κ1) is 50.0. The molecule has 18 heteroatoms. The van der Waals surface area contributed by atoms with Crippen LogP contribution in [0.3, 0.4) is 0 Å². The van der Waals surface area contributed by atoms with E-state index in [4.69, 9.17) is 37.9 Å². The third kappa shape index (κ3) is 7.32. The maximum Gasteiger partial charge on any atom is 0.187 e. The van der Waals surface area contributed by atoms with E-state index < -0.39 is 128 Å². The molecule has 378 valence electrons. The van der Waals surface area contributed by atoms with E-state index in [1.807, 2.05) is 6.92 Å². The number of aliphatic hydroxyl groups excluding tert-OH is 9. The molecule has 0 aromatic carbocycles. The van der Waals surface area contributed by atoms with Crippen molar-refractivity contribution in [3.8, 4) is 0 Å². The average molecular weight is 943 g/mol. The highest BCUT2D eigenvalue weighted by Gasteiger charge is 2.82. The van der Waals surface area contributed by atoms with Crippen LogP contribution in [0.15, 0.2) is 11.6 Å². The summed E-state index contributed by atoms with van der Waals surface area (Å²) >= 11 is 0. The first-order valence-corrected chi connectivity index (χ1v) is 24.5. The second-order valence-corrected chi connectivity index (χ2v) is 23.3. The van der Waals surface area contributed by atoms with E-state index in [-0.39, 0.29) is 40.1 Å². The van der Waals surface area contributed by atoms with Crippen LogP contribution in [0.25, 0.3) is 0 Å². The van der Waals surface area contributed by atoms with Gasteiger partial charge in [0.2, 0.25) is 0 Å². The predicted octanol–water partition coefficient (Wildman–Crippen LogP) is 0.355. The van der Waals surface area contributed by atoms with Crippen molar-refractivity contribution >= 4 is 0 Å². The maximum atomic E-state index is 12.3. The Morgan fingerprint density at radius 1 is 0.667 bits per heavy atom. The van der Waals surface area contributed by atoms with Gasteiger partial charge in [0.15, 0.2) is 24.7 Å². The smallest absolute Gasteiger partial charge is 0.187 e. The Hall–Kier alpha value is -0.980. The minimum atomic E-state index is -1.86. The quantitative estimate of drug-likeness (QED) is 0.105. The predicted molar refractivity (Wildman–Crippen MR) is 229 cm³/mol. The van der Waals surface area contributed by atoms with E-state index >= 15 is 0 Å². The highest BCUT2D eigenvalue weighted by Crippen LogP contribution is 2.81. The molecule has 0 aromatic rings. The second kappa shape index (κ2) is 17.4. The van der Waals surface area contributed by atoms with Crippen molar-refractivity contribution in [2.75, 3.05) is 19.8 Å². The molecule has 5 heterocycles. The Morgan fingerprint density at radius 3 is 1.95 bits per heavy atom. The molecular weight excluding hydrogens is 865 g/mol. The van der Waals surface area contributed by atoms with Crippen LogP contribution < -0.4 is 0 Å². The summed E-state index contributed by atoms with van der Waals surface area (Å²) in [7, 11) is 0. The zero-order valence-corrected chi connectivity index (χ0v) is 39.7. The Bertz CT molecular complexity index is 1790. The van der Waals surface area contributed by atoms with Gasteiger partial charge >= 0.3 is 0 Å². The van der Waals surface area contributed by atoms with E-state index in [0.717, 1.165) is 38.5 Å². The van der Waals surface area contributed by atoms with Crippen molar-refractivity contribution in [1.82, 2.24) is 0 Å².